The molecule has 2 amide bonds. The number of fused-ring (bicyclic) bond motifs is 1. The molecule has 2 aromatic rings. The van der Waals surface area contributed by atoms with E-state index in [1.807, 2.05) is 24.3 Å². The van der Waals surface area contributed by atoms with Gasteiger partial charge in [0.1, 0.15) is 5.54 Å². The zero-order chi connectivity index (χ0) is 21.6. The largest absolute Gasteiger partial charge is 0.341 e. The second-order valence-electron chi connectivity index (χ2n) is 8.98. The summed E-state index contributed by atoms with van der Waals surface area (Å²) in [6, 6.07) is 7.87. The first-order valence-corrected chi connectivity index (χ1v) is 12.0. The van der Waals surface area contributed by atoms with Gasteiger partial charge in [-0.15, -0.1) is 10.2 Å². The normalized spacial score (nSPS) is 20.4. The number of hydrogen-bond acceptors (Lipinski definition) is 6. The Labute approximate surface area is 186 Å². The molecule has 0 bridgehead atoms. The molecule has 9 heteroatoms. The van der Waals surface area contributed by atoms with E-state index >= 15 is 0 Å². The zero-order valence-corrected chi connectivity index (χ0v) is 18.8. The number of aromatic nitrogens is 3. The van der Waals surface area contributed by atoms with Gasteiger partial charge in [0.05, 0.1) is 17.1 Å². The molecule has 3 heterocycles. The summed E-state index contributed by atoms with van der Waals surface area (Å²) in [5.41, 5.74) is 0.434. The van der Waals surface area contributed by atoms with Crippen molar-refractivity contribution in [3.8, 4) is 0 Å². The van der Waals surface area contributed by atoms with E-state index < -0.39 is 5.54 Å². The lowest BCUT2D eigenvalue weighted by atomic mass is 9.96. The Bertz CT molecular complexity index is 1010. The van der Waals surface area contributed by atoms with Crippen LogP contribution in [0.4, 0.5) is 17.3 Å². The Morgan fingerprint density at radius 3 is 2.65 bits per heavy atom. The molecular formula is C22H28N6O2S. The molecule has 2 fully saturated rings. The van der Waals surface area contributed by atoms with Gasteiger partial charge < -0.3 is 10.2 Å². The number of para-hydroxylation sites is 2. The van der Waals surface area contributed by atoms with Gasteiger partial charge in [0.15, 0.2) is 5.16 Å². The fourth-order valence-electron chi connectivity index (χ4n) is 4.42. The van der Waals surface area contributed by atoms with E-state index in [2.05, 4.69) is 25.0 Å². The molecule has 3 aliphatic rings. The Hall–Kier alpha value is -2.55. The van der Waals surface area contributed by atoms with Crippen LogP contribution >= 0.6 is 11.8 Å². The average molecular weight is 441 g/mol. The van der Waals surface area contributed by atoms with E-state index in [4.69, 9.17) is 0 Å². The quantitative estimate of drug-likeness (QED) is 0.717. The number of amides is 2. The van der Waals surface area contributed by atoms with Crippen molar-refractivity contribution < 1.29 is 9.59 Å². The lowest BCUT2D eigenvalue weighted by Crippen LogP contribution is -2.59. The van der Waals surface area contributed by atoms with Crippen molar-refractivity contribution in [1.82, 2.24) is 14.8 Å². The van der Waals surface area contributed by atoms with Crippen LogP contribution in [-0.4, -0.2) is 51.0 Å². The van der Waals surface area contributed by atoms with Gasteiger partial charge in [-0.1, -0.05) is 23.9 Å². The van der Waals surface area contributed by atoms with Crippen molar-refractivity contribution in [2.75, 3.05) is 34.0 Å². The number of rotatable bonds is 5. The highest BCUT2D eigenvalue weighted by atomic mass is 32.2. The van der Waals surface area contributed by atoms with Crippen molar-refractivity contribution in [3.05, 3.63) is 24.3 Å². The number of nitrogens with zero attached hydrogens (tertiary/aromatic N) is 5. The maximum absolute atomic E-state index is 13.4. The molecule has 1 saturated carbocycles. The number of piperidine rings is 1. The number of thioether (sulfide) groups is 1. The molecule has 1 N–H and O–H groups in total. The Morgan fingerprint density at radius 1 is 1.16 bits per heavy atom. The molecule has 1 aliphatic carbocycles. The SMILES string of the molecule is CC1(C)C(=O)Nc2ccccc2N1C(=O)CSc1nnc(N2CCCCC2)n1C1CC1. The zero-order valence-electron chi connectivity index (χ0n) is 18.0. The van der Waals surface area contributed by atoms with Crippen LogP contribution < -0.4 is 15.1 Å². The van der Waals surface area contributed by atoms with E-state index in [-0.39, 0.29) is 17.6 Å². The van der Waals surface area contributed by atoms with Crippen LogP contribution in [0.15, 0.2) is 29.4 Å². The van der Waals surface area contributed by atoms with Crippen molar-refractivity contribution >= 4 is 40.9 Å². The first-order valence-electron chi connectivity index (χ1n) is 11.0. The number of carbonyl (C=O) groups is 2. The maximum Gasteiger partial charge on any atom is 0.250 e. The van der Waals surface area contributed by atoms with E-state index in [1.165, 1.54) is 31.0 Å². The summed E-state index contributed by atoms with van der Waals surface area (Å²) in [6.07, 6.45) is 5.90. The smallest absolute Gasteiger partial charge is 0.250 e. The van der Waals surface area contributed by atoms with Gasteiger partial charge in [0.25, 0.3) is 0 Å². The molecule has 0 spiro atoms. The third-order valence-corrected chi connectivity index (χ3v) is 7.21. The summed E-state index contributed by atoms with van der Waals surface area (Å²) in [4.78, 5) is 30.0. The van der Waals surface area contributed by atoms with E-state index in [0.29, 0.717) is 11.7 Å². The molecule has 1 aromatic carbocycles. The molecular weight excluding hydrogens is 412 g/mol. The summed E-state index contributed by atoms with van der Waals surface area (Å²) in [7, 11) is 0. The fourth-order valence-corrected chi connectivity index (χ4v) is 5.27. The van der Waals surface area contributed by atoms with E-state index in [1.54, 1.807) is 18.7 Å². The molecule has 1 saturated heterocycles. The van der Waals surface area contributed by atoms with E-state index in [0.717, 1.165) is 42.7 Å². The lowest BCUT2D eigenvalue weighted by Gasteiger charge is -2.42. The van der Waals surface area contributed by atoms with Crippen molar-refractivity contribution in [2.24, 2.45) is 0 Å². The third kappa shape index (κ3) is 3.69. The van der Waals surface area contributed by atoms with Crippen molar-refractivity contribution in [1.29, 1.82) is 0 Å². The summed E-state index contributed by atoms with van der Waals surface area (Å²) < 4.78 is 2.23. The average Bonchev–Trinajstić information content (AvgIpc) is 3.52. The molecule has 0 unspecified atom stereocenters. The number of hydrogen-bond donors (Lipinski definition) is 1. The van der Waals surface area contributed by atoms with Crippen LogP contribution in [0.3, 0.4) is 0 Å². The van der Waals surface area contributed by atoms with Gasteiger partial charge in [0.2, 0.25) is 17.8 Å². The highest BCUT2D eigenvalue weighted by molar-refractivity contribution is 7.99. The Kier molecular flexibility index (Phi) is 5.16. The maximum atomic E-state index is 13.4. The predicted molar refractivity (Wildman–Crippen MR) is 122 cm³/mol. The first-order chi connectivity index (χ1) is 15.0. The summed E-state index contributed by atoms with van der Waals surface area (Å²) >= 11 is 1.42. The van der Waals surface area contributed by atoms with Crippen LogP contribution in [0.2, 0.25) is 0 Å². The van der Waals surface area contributed by atoms with Crippen LogP contribution in [0, 0.1) is 0 Å². The minimum absolute atomic E-state index is 0.109. The summed E-state index contributed by atoms with van der Waals surface area (Å²) in [5.74, 6) is 0.857. The van der Waals surface area contributed by atoms with Crippen LogP contribution in [-0.2, 0) is 9.59 Å². The predicted octanol–water partition coefficient (Wildman–Crippen LogP) is 3.46. The number of nitrogens with one attached hydrogen (secondary N) is 1. The second kappa shape index (κ2) is 7.85. The highest BCUT2D eigenvalue weighted by Crippen LogP contribution is 2.42. The van der Waals surface area contributed by atoms with E-state index in [9.17, 15) is 9.59 Å². The van der Waals surface area contributed by atoms with Gasteiger partial charge >= 0.3 is 0 Å². The minimum Gasteiger partial charge on any atom is -0.341 e. The molecule has 0 radical (unpaired) electrons. The molecule has 8 nitrogen and oxygen atoms in total. The molecule has 31 heavy (non-hydrogen) atoms. The molecule has 1 aromatic heterocycles. The molecule has 2 aliphatic heterocycles. The van der Waals surface area contributed by atoms with Crippen molar-refractivity contribution in [2.45, 2.75) is 62.7 Å². The monoisotopic (exact) mass is 440 g/mol. The van der Waals surface area contributed by atoms with Gasteiger partial charge in [0, 0.05) is 19.1 Å². The van der Waals surface area contributed by atoms with Gasteiger partial charge in [-0.05, 0) is 58.1 Å². The summed E-state index contributed by atoms with van der Waals surface area (Å²) in [5, 5.41) is 12.7. The number of benzene rings is 1. The standard InChI is InChI=1S/C22H28N6O2S/c1-22(2)19(30)23-16-8-4-5-9-17(16)28(22)18(29)14-31-21-25-24-20(27(21)15-10-11-15)26-12-6-3-7-13-26/h4-5,8-9,15H,3,6-7,10-14H2,1-2H3,(H,23,30). The van der Waals surface area contributed by atoms with Gasteiger partial charge in [-0.2, -0.15) is 0 Å². The molecule has 164 valence electrons. The molecule has 0 atom stereocenters. The number of anilines is 3. The minimum atomic E-state index is -0.963. The van der Waals surface area contributed by atoms with Crippen LogP contribution in [0.5, 0.6) is 0 Å². The first kappa shape index (κ1) is 20.4. The third-order valence-electron chi connectivity index (χ3n) is 6.28. The Balaban J connectivity index is 1.37. The van der Waals surface area contributed by atoms with Gasteiger partial charge in [-0.3, -0.25) is 19.1 Å². The highest BCUT2D eigenvalue weighted by Gasteiger charge is 2.43. The van der Waals surface area contributed by atoms with Crippen molar-refractivity contribution in [3.63, 3.8) is 0 Å². The Morgan fingerprint density at radius 2 is 1.90 bits per heavy atom. The molecule has 5 rings (SSSR count). The topological polar surface area (TPSA) is 83.4 Å². The second-order valence-corrected chi connectivity index (χ2v) is 9.92. The lowest BCUT2D eigenvalue weighted by molar-refractivity contribution is -0.125. The number of carbonyl (C=O) groups excluding carboxylic acids is 2. The van der Waals surface area contributed by atoms with Crippen LogP contribution in [0.25, 0.3) is 0 Å². The van der Waals surface area contributed by atoms with Crippen LogP contribution in [0.1, 0.15) is 52.0 Å². The van der Waals surface area contributed by atoms with Gasteiger partial charge in [-0.25, -0.2) is 0 Å². The summed E-state index contributed by atoms with van der Waals surface area (Å²) in [6.45, 7) is 5.59. The fraction of sp³-hybridized carbons (Fsp3) is 0.545.